The highest BCUT2D eigenvalue weighted by atomic mass is 32.2. The van der Waals surface area contributed by atoms with Gasteiger partial charge in [0.25, 0.3) is 0 Å². The van der Waals surface area contributed by atoms with Crippen LogP contribution in [-0.2, 0) is 15.6 Å². The predicted molar refractivity (Wildman–Crippen MR) is 86.0 cm³/mol. The number of nitrogens with zero attached hydrogens (tertiary/aromatic N) is 1. The number of carboxylic acid groups (broad SMARTS) is 1. The molecule has 0 spiro atoms. The minimum atomic E-state index is -3.70. The highest BCUT2D eigenvalue weighted by Gasteiger charge is 2.18. The zero-order chi connectivity index (χ0) is 17.3. The van der Waals surface area contributed by atoms with Crippen LogP contribution in [0.2, 0.25) is 0 Å². The number of halogens is 1. The van der Waals surface area contributed by atoms with Gasteiger partial charge in [0, 0.05) is 5.39 Å². The number of pyridine rings is 1. The van der Waals surface area contributed by atoms with Gasteiger partial charge < -0.3 is 5.11 Å². The molecule has 24 heavy (non-hydrogen) atoms. The molecule has 2 aromatic carbocycles. The molecule has 1 aromatic heterocycles. The second kappa shape index (κ2) is 6.01. The molecule has 0 atom stereocenters. The van der Waals surface area contributed by atoms with E-state index in [9.17, 15) is 17.6 Å². The molecule has 3 aromatic rings. The lowest BCUT2D eigenvalue weighted by Gasteiger charge is -2.06. The lowest BCUT2D eigenvalue weighted by Crippen LogP contribution is -2.07. The number of carbonyl (C=O) groups is 1. The summed E-state index contributed by atoms with van der Waals surface area (Å²) in [5.41, 5.74) is 0.932. The SMILES string of the molecule is O=C(O)c1ccc(CS(=O)(=O)c2ccc3cc(F)ccc3n2)cc1. The number of hydrogen-bond acceptors (Lipinski definition) is 4. The van der Waals surface area contributed by atoms with Crippen LogP contribution in [-0.4, -0.2) is 24.5 Å². The summed E-state index contributed by atoms with van der Waals surface area (Å²) in [5.74, 6) is -1.79. The van der Waals surface area contributed by atoms with Crippen LogP contribution < -0.4 is 0 Å². The van der Waals surface area contributed by atoms with Crippen molar-refractivity contribution >= 4 is 26.7 Å². The van der Waals surface area contributed by atoms with Crippen molar-refractivity contribution in [2.75, 3.05) is 0 Å². The lowest BCUT2D eigenvalue weighted by atomic mass is 10.1. The first kappa shape index (κ1) is 16.1. The van der Waals surface area contributed by atoms with E-state index in [4.69, 9.17) is 5.11 Å². The monoisotopic (exact) mass is 345 g/mol. The Bertz CT molecular complexity index is 1030. The van der Waals surface area contributed by atoms with Gasteiger partial charge in [0.2, 0.25) is 0 Å². The summed E-state index contributed by atoms with van der Waals surface area (Å²) in [5, 5.41) is 9.26. The van der Waals surface area contributed by atoms with E-state index in [0.29, 0.717) is 16.5 Å². The molecule has 0 aliphatic heterocycles. The molecule has 0 amide bonds. The van der Waals surface area contributed by atoms with Gasteiger partial charge in [-0.05, 0) is 48.0 Å². The Kier molecular flexibility index (Phi) is 4.02. The van der Waals surface area contributed by atoms with Crippen molar-refractivity contribution in [2.45, 2.75) is 10.8 Å². The molecule has 0 bridgehead atoms. The standard InChI is InChI=1S/C17H12FNO4S/c18-14-6-7-15-13(9-14)5-8-16(19-15)24(22,23)10-11-1-3-12(4-2-11)17(20)21/h1-9H,10H2,(H,20,21). The molecule has 0 aliphatic rings. The fourth-order valence-electron chi connectivity index (χ4n) is 2.29. The van der Waals surface area contributed by atoms with E-state index in [1.807, 2.05) is 0 Å². The first-order valence-electron chi connectivity index (χ1n) is 6.96. The van der Waals surface area contributed by atoms with Gasteiger partial charge in [-0.15, -0.1) is 0 Å². The summed E-state index contributed by atoms with van der Waals surface area (Å²) in [7, 11) is -3.70. The van der Waals surface area contributed by atoms with Gasteiger partial charge in [0.1, 0.15) is 5.82 Å². The Labute approximate surface area is 137 Å². The largest absolute Gasteiger partial charge is 0.478 e. The molecule has 5 nitrogen and oxygen atoms in total. The first-order chi connectivity index (χ1) is 11.3. The highest BCUT2D eigenvalue weighted by Crippen LogP contribution is 2.20. The maximum Gasteiger partial charge on any atom is 0.335 e. The summed E-state index contributed by atoms with van der Waals surface area (Å²) in [6.45, 7) is 0. The third-order valence-corrected chi connectivity index (χ3v) is 5.08. The Hall–Kier alpha value is -2.80. The molecule has 1 heterocycles. The Morgan fingerprint density at radius 3 is 2.42 bits per heavy atom. The third-order valence-electron chi connectivity index (χ3n) is 3.50. The summed E-state index contributed by atoms with van der Waals surface area (Å²) < 4.78 is 38.1. The van der Waals surface area contributed by atoms with E-state index in [0.717, 1.165) is 0 Å². The molecule has 0 fully saturated rings. The summed E-state index contributed by atoms with van der Waals surface area (Å²) >= 11 is 0. The normalized spacial score (nSPS) is 11.5. The van der Waals surface area contributed by atoms with E-state index < -0.39 is 21.6 Å². The van der Waals surface area contributed by atoms with E-state index in [-0.39, 0.29) is 16.3 Å². The highest BCUT2D eigenvalue weighted by molar-refractivity contribution is 7.90. The molecule has 0 radical (unpaired) electrons. The molecular weight excluding hydrogens is 333 g/mol. The zero-order valence-electron chi connectivity index (χ0n) is 12.3. The minimum Gasteiger partial charge on any atom is -0.478 e. The second-order valence-corrected chi connectivity index (χ2v) is 7.18. The van der Waals surface area contributed by atoms with Gasteiger partial charge >= 0.3 is 5.97 Å². The predicted octanol–water partition coefficient (Wildman–Crippen LogP) is 3.05. The summed E-state index contributed by atoms with van der Waals surface area (Å²) in [4.78, 5) is 14.9. The van der Waals surface area contributed by atoms with E-state index >= 15 is 0 Å². The number of aromatic nitrogens is 1. The summed E-state index contributed by atoms with van der Waals surface area (Å²) in [6, 6.07) is 12.4. The molecule has 7 heteroatoms. The first-order valence-corrected chi connectivity index (χ1v) is 8.62. The Balaban J connectivity index is 1.92. The molecule has 0 saturated heterocycles. The Morgan fingerprint density at radius 2 is 1.75 bits per heavy atom. The lowest BCUT2D eigenvalue weighted by molar-refractivity contribution is 0.0697. The number of fused-ring (bicyclic) bond motifs is 1. The van der Waals surface area contributed by atoms with Crippen LogP contribution in [0.1, 0.15) is 15.9 Å². The smallest absolute Gasteiger partial charge is 0.335 e. The molecule has 122 valence electrons. The number of sulfone groups is 1. The molecule has 0 unspecified atom stereocenters. The average molecular weight is 345 g/mol. The van der Waals surface area contributed by atoms with Gasteiger partial charge in [0.15, 0.2) is 14.9 Å². The molecular formula is C17H12FNO4S. The van der Waals surface area contributed by atoms with Crippen molar-refractivity contribution in [3.05, 3.63) is 71.5 Å². The van der Waals surface area contributed by atoms with Crippen LogP contribution in [0.15, 0.2) is 59.6 Å². The van der Waals surface area contributed by atoms with E-state index in [1.165, 1.54) is 54.6 Å². The van der Waals surface area contributed by atoms with Crippen LogP contribution in [0, 0.1) is 5.82 Å². The fourth-order valence-corrected chi connectivity index (χ4v) is 3.58. The van der Waals surface area contributed by atoms with Gasteiger partial charge in [0.05, 0.1) is 16.8 Å². The van der Waals surface area contributed by atoms with E-state index in [1.54, 1.807) is 0 Å². The van der Waals surface area contributed by atoms with Gasteiger partial charge in [-0.25, -0.2) is 22.6 Å². The molecule has 1 N–H and O–H groups in total. The number of rotatable bonds is 4. The number of benzene rings is 2. The van der Waals surface area contributed by atoms with Crippen molar-refractivity contribution < 1.29 is 22.7 Å². The van der Waals surface area contributed by atoms with Crippen LogP contribution in [0.4, 0.5) is 4.39 Å². The van der Waals surface area contributed by atoms with Gasteiger partial charge in [-0.2, -0.15) is 0 Å². The van der Waals surface area contributed by atoms with Crippen molar-refractivity contribution in [2.24, 2.45) is 0 Å². The topological polar surface area (TPSA) is 84.3 Å². The van der Waals surface area contributed by atoms with Crippen molar-refractivity contribution in [3.63, 3.8) is 0 Å². The van der Waals surface area contributed by atoms with Crippen molar-refractivity contribution in [3.8, 4) is 0 Å². The quantitative estimate of drug-likeness (QED) is 0.786. The third kappa shape index (κ3) is 3.26. The van der Waals surface area contributed by atoms with Crippen LogP contribution >= 0.6 is 0 Å². The Morgan fingerprint density at radius 1 is 1.04 bits per heavy atom. The van der Waals surface area contributed by atoms with E-state index in [2.05, 4.69) is 4.98 Å². The second-order valence-electron chi connectivity index (χ2n) is 5.25. The van der Waals surface area contributed by atoms with Crippen molar-refractivity contribution in [1.29, 1.82) is 0 Å². The number of hydrogen-bond donors (Lipinski definition) is 1. The molecule has 0 saturated carbocycles. The number of carboxylic acids is 1. The van der Waals surface area contributed by atoms with Crippen LogP contribution in [0.3, 0.4) is 0 Å². The van der Waals surface area contributed by atoms with Crippen molar-refractivity contribution in [1.82, 2.24) is 4.98 Å². The van der Waals surface area contributed by atoms with Crippen LogP contribution in [0.5, 0.6) is 0 Å². The molecule has 3 rings (SSSR count). The van der Waals surface area contributed by atoms with Crippen LogP contribution in [0.25, 0.3) is 10.9 Å². The maximum atomic E-state index is 13.2. The number of aromatic carboxylic acids is 1. The zero-order valence-corrected chi connectivity index (χ0v) is 13.1. The summed E-state index contributed by atoms with van der Waals surface area (Å²) in [6.07, 6.45) is 0. The van der Waals surface area contributed by atoms with Gasteiger partial charge in [-0.1, -0.05) is 12.1 Å². The fraction of sp³-hybridized carbons (Fsp3) is 0.0588. The maximum absolute atomic E-state index is 13.2. The minimum absolute atomic E-state index is 0.0852. The molecule has 0 aliphatic carbocycles. The average Bonchev–Trinajstić information content (AvgIpc) is 2.54. The van der Waals surface area contributed by atoms with Gasteiger partial charge in [-0.3, -0.25) is 0 Å².